The number of aryl methyl sites for hydroxylation is 1. The van der Waals surface area contributed by atoms with Crippen molar-refractivity contribution < 1.29 is 0 Å². The normalized spacial score (nSPS) is 19.9. The quantitative estimate of drug-likeness (QED) is 0.809. The molecule has 0 aliphatic heterocycles. The Bertz CT molecular complexity index is 420. The first-order valence-electron chi connectivity index (χ1n) is 5.49. The van der Waals surface area contributed by atoms with Crippen molar-refractivity contribution in [2.24, 2.45) is 11.7 Å². The summed E-state index contributed by atoms with van der Waals surface area (Å²) in [6.45, 7) is 4.60. The molecule has 1 unspecified atom stereocenters. The third-order valence-corrected chi connectivity index (χ3v) is 3.53. The minimum absolute atomic E-state index is 0.0647. The molecule has 0 amide bonds. The Labute approximate surface area is 89.9 Å². The summed E-state index contributed by atoms with van der Waals surface area (Å²) in [7, 11) is 0. The van der Waals surface area contributed by atoms with Crippen LogP contribution in [0.25, 0.3) is 0 Å². The summed E-state index contributed by atoms with van der Waals surface area (Å²) in [4.78, 5) is 11.9. The van der Waals surface area contributed by atoms with Crippen LogP contribution in [0.15, 0.2) is 23.0 Å². The van der Waals surface area contributed by atoms with Gasteiger partial charge >= 0.3 is 0 Å². The minimum Gasteiger partial charge on any atom is -0.328 e. The summed E-state index contributed by atoms with van der Waals surface area (Å²) in [5.41, 5.74) is 6.73. The summed E-state index contributed by atoms with van der Waals surface area (Å²) in [5.74, 6) is 0.571. The van der Waals surface area contributed by atoms with E-state index in [0.29, 0.717) is 12.5 Å². The van der Waals surface area contributed by atoms with Crippen LogP contribution in [0.5, 0.6) is 0 Å². The van der Waals surface area contributed by atoms with Crippen molar-refractivity contribution in [2.75, 3.05) is 6.54 Å². The number of nitrogens with two attached hydrogens (primary N) is 1. The highest BCUT2D eigenvalue weighted by Gasteiger charge is 2.42. The molecule has 1 aliphatic rings. The molecule has 1 aromatic heterocycles. The molecule has 1 aliphatic carbocycles. The van der Waals surface area contributed by atoms with Crippen LogP contribution in [0, 0.1) is 12.8 Å². The van der Waals surface area contributed by atoms with Crippen LogP contribution in [0.4, 0.5) is 0 Å². The van der Waals surface area contributed by atoms with Gasteiger partial charge in [-0.05, 0) is 38.7 Å². The average Bonchev–Trinajstić information content (AvgIpc) is 3.00. The maximum atomic E-state index is 11.9. The van der Waals surface area contributed by atoms with Crippen LogP contribution in [-0.2, 0) is 5.54 Å². The lowest BCUT2D eigenvalue weighted by Crippen LogP contribution is -2.46. The average molecular weight is 206 g/mol. The van der Waals surface area contributed by atoms with Gasteiger partial charge in [-0.2, -0.15) is 0 Å². The number of hydrogen-bond acceptors (Lipinski definition) is 2. The lowest BCUT2D eigenvalue weighted by molar-refractivity contribution is 0.267. The first-order chi connectivity index (χ1) is 7.09. The van der Waals surface area contributed by atoms with Crippen LogP contribution >= 0.6 is 0 Å². The Balaban J connectivity index is 2.55. The van der Waals surface area contributed by atoms with E-state index in [4.69, 9.17) is 5.73 Å². The molecule has 0 bridgehead atoms. The molecule has 0 spiro atoms. The predicted molar refractivity (Wildman–Crippen MR) is 60.9 cm³/mol. The summed E-state index contributed by atoms with van der Waals surface area (Å²) in [6, 6.07) is 5.39. The molecule has 1 aromatic rings. The Morgan fingerprint density at radius 3 is 2.67 bits per heavy atom. The van der Waals surface area contributed by atoms with Gasteiger partial charge in [0, 0.05) is 18.3 Å². The second kappa shape index (κ2) is 3.49. The first kappa shape index (κ1) is 10.4. The van der Waals surface area contributed by atoms with Gasteiger partial charge in [-0.3, -0.25) is 4.79 Å². The SMILES string of the molecule is Cc1cccc(=O)n1C(C)(CN)C1CC1. The molecule has 1 fully saturated rings. The number of rotatable bonds is 3. The Morgan fingerprint density at radius 1 is 1.53 bits per heavy atom. The van der Waals surface area contributed by atoms with Gasteiger partial charge < -0.3 is 10.3 Å². The Morgan fingerprint density at radius 2 is 2.20 bits per heavy atom. The van der Waals surface area contributed by atoms with Crippen molar-refractivity contribution in [2.45, 2.75) is 32.2 Å². The molecule has 0 saturated heterocycles. The zero-order valence-electron chi connectivity index (χ0n) is 9.36. The van der Waals surface area contributed by atoms with Crippen molar-refractivity contribution in [3.05, 3.63) is 34.2 Å². The van der Waals surface area contributed by atoms with Crippen molar-refractivity contribution in [3.8, 4) is 0 Å². The highest BCUT2D eigenvalue weighted by Crippen LogP contribution is 2.43. The maximum Gasteiger partial charge on any atom is 0.251 e. The zero-order chi connectivity index (χ0) is 11.1. The Kier molecular flexibility index (Phi) is 2.43. The van der Waals surface area contributed by atoms with Crippen LogP contribution in [0.2, 0.25) is 0 Å². The predicted octanol–water partition coefficient (Wildman–Crippen LogP) is 1.24. The van der Waals surface area contributed by atoms with E-state index in [0.717, 1.165) is 5.69 Å². The topological polar surface area (TPSA) is 48.0 Å². The van der Waals surface area contributed by atoms with Gasteiger partial charge in [0.15, 0.2) is 0 Å². The van der Waals surface area contributed by atoms with E-state index in [1.807, 2.05) is 17.6 Å². The molecule has 0 radical (unpaired) electrons. The standard InChI is InChI=1S/C12H18N2O/c1-9-4-3-5-11(15)14(9)12(2,8-13)10-6-7-10/h3-5,10H,6-8,13H2,1-2H3. The smallest absolute Gasteiger partial charge is 0.251 e. The van der Waals surface area contributed by atoms with Crippen molar-refractivity contribution in [3.63, 3.8) is 0 Å². The van der Waals surface area contributed by atoms with E-state index in [1.54, 1.807) is 12.1 Å². The van der Waals surface area contributed by atoms with Crippen molar-refractivity contribution in [1.82, 2.24) is 4.57 Å². The van der Waals surface area contributed by atoms with E-state index >= 15 is 0 Å². The van der Waals surface area contributed by atoms with E-state index < -0.39 is 0 Å². The van der Waals surface area contributed by atoms with Crippen molar-refractivity contribution >= 4 is 0 Å². The van der Waals surface area contributed by atoms with E-state index in [2.05, 4.69) is 6.92 Å². The van der Waals surface area contributed by atoms with Gasteiger partial charge in [0.05, 0.1) is 5.54 Å². The number of hydrogen-bond donors (Lipinski definition) is 1. The summed E-state index contributed by atoms with van der Waals surface area (Å²) in [5, 5.41) is 0. The second-order valence-corrected chi connectivity index (χ2v) is 4.68. The van der Waals surface area contributed by atoms with Crippen LogP contribution in [0.3, 0.4) is 0 Å². The van der Waals surface area contributed by atoms with Gasteiger partial charge in [0.25, 0.3) is 5.56 Å². The lowest BCUT2D eigenvalue weighted by Gasteiger charge is -2.32. The monoisotopic (exact) mass is 206 g/mol. The van der Waals surface area contributed by atoms with Gasteiger partial charge in [0.1, 0.15) is 0 Å². The van der Waals surface area contributed by atoms with Gasteiger partial charge in [-0.1, -0.05) is 6.07 Å². The van der Waals surface area contributed by atoms with E-state index in [-0.39, 0.29) is 11.1 Å². The van der Waals surface area contributed by atoms with Crippen LogP contribution in [0.1, 0.15) is 25.5 Å². The minimum atomic E-state index is -0.192. The lowest BCUT2D eigenvalue weighted by atomic mass is 9.94. The third kappa shape index (κ3) is 1.61. The summed E-state index contributed by atoms with van der Waals surface area (Å²) in [6.07, 6.45) is 2.38. The second-order valence-electron chi connectivity index (χ2n) is 4.68. The van der Waals surface area contributed by atoms with Gasteiger partial charge in [-0.25, -0.2) is 0 Å². The molecule has 15 heavy (non-hydrogen) atoms. The fourth-order valence-corrected chi connectivity index (χ4v) is 2.39. The van der Waals surface area contributed by atoms with Gasteiger partial charge in [-0.15, -0.1) is 0 Å². The zero-order valence-corrected chi connectivity index (χ0v) is 9.36. The molecule has 0 aromatic carbocycles. The first-order valence-corrected chi connectivity index (χ1v) is 5.49. The summed E-state index contributed by atoms with van der Waals surface area (Å²) >= 11 is 0. The largest absolute Gasteiger partial charge is 0.328 e. The highest BCUT2D eigenvalue weighted by atomic mass is 16.1. The van der Waals surface area contributed by atoms with Gasteiger partial charge in [0.2, 0.25) is 0 Å². The summed E-state index contributed by atoms with van der Waals surface area (Å²) < 4.78 is 1.87. The molecule has 82 valence electrons. The Hall–Kier alpha value is -1.09. The van der Waals surface area contributed by atoms with Crippen LogP contribution < -0.4 is 11.3 Å². The number of aromatic nitrogens is 1. The highest BCUT2D eigenvalue weighted by molar-refractivity contribution is 5.11. The molecule has 1 atom stereocenters. The van der Waals surface area contributed by atoms with E-state index in [9.17, 15) is 4.79 Å². The van der Waals surface area contributed by atoms with Crippen molar-refractivity contribution in [1.29, 1.82) is 0 Å². The molecule has 3 heteroatoms. The fourth-order valence-electron chi connectivity index (χ4n) is 2.39. The van der Waals surface area contributed by atoms with Crippen LogP contribution in [-0.4, -0.2) is 11.1 Å². The molecule has 1 heterocycles. The fraction of sp³-hybridized carbons (Fsp3) is 0.583. The number of nitrogens with zero attached hydrogens (tertiary/aromatic N) is 1. The molecular formula is C12H18N2O. The van der Waals surface area contributed by atoms with E-state index in [1.165, 1.54) is 12.8 Å². The molecule has 2 rings (SSSR count). The molecular weight excluding hydrogens is 188 g/mol. The molecule has 3 nitrogen and oxygen atoms in total. The maximum absolute atomic E-state index is 11.9. The molecule has 1 saturated carbocycles. The third-order valence-electron chi connectivity index (χ3n) is 3.53. The molecule has 2 N–H and O–H groups in total. The number of pyridine rings is 1.